The number of thioether (sulfide) groups is 1. The summed E-state index contributed by atoms with van der Waals surface area (Å²) in [6.07, 6.45) is 3.26. The molecule has 1 saturated heterocycles. The van der Waals surface area contributed by atoms with Crippen molar-refractivity contribution in [1.82, 2.24) is 9.88 Å². The van der Waals surface area contributed by atoms with Crippen molar-refractivity contribution < 1.29 is 9.59 Å². The third-order valence-corrected chi connectivity index (χ3v) is 6.08. The highest BCUT2D eigenvalue weighted by atomic mass is 35.5. The normalized spacial score (nSPS) is 16.8. The smallest absolute Gasteiger partial charge is 0.232 e. The van der Waals surface area contributed by atoms with Crippen molar-refractivity contribution in [2.24, 2.45) is 5.92 Å². The van der Waals surface area contributed by atoms with Crippen LogP contribution in [0, 0.1) is 12.8 Å². The number of anilines is 1. The first-order valence-electron chi connectivity index (χ1n) is 8.92. The van der Waals surface area contributed by atoms with Crippen LogP contribution in [0.25, 0.3) is 0 Å². The van der Waals surface area contributed by atoms with Gasteiger partial charge in [-0.1, -0.05) is 29.8 Å². The van der Waals surface area contributed by atoms with Gasteiger partial charge in [-0.2, -0.15) is 0 Å². The number of rotatable bonds is 5. The Hall–Kier alpha value is -2.05. The van der Waals surface area contributed by atoms with Crippen LogP contribution in [0.1, 0.15) is 18.4 Å². The molecule has 2 heterocycles. The Morgan fingerprint density at radius 3 is 2.89 bits per heavy atom. The van der Waals surface area contributed by atoms with Crippen LogP contribution in [0.4, 0.5) is 5.82 Å². The Labute approximate surface area is 168 Å². The molecular formula is C20H22ClN3O2S. The van der Waals surface area contributed by atoms with Gasteiger partial charge in [0.2, 0.25) is 11.8 Å². The Balaban J connectivity index is 1.55. The molecule has 1 fully saturated rings. The third-order valence-electron chi connectivity index (χ3n) is 4.58. The van der Waals surface area contributed by atoms with Crippen molar-refractivity contribution in [2.45, 2.75) is 24.7 Å². The molecule has 1 atom stereocenters. The maximum atomic E-state index is 12.6. The average molecular weight is 404 g/mol. The molecule has 0 saturated carbocycles. The summed E-state index contributed by atoms with van der Waals surface area (Å²) in [5, 5.41) is 3.54. The van der Waals surface area contributed by atoms with Gasteiger partial charge in [0.1, 0.15) is 5.82 Å². The second kappa shape index (κ2) is 9.24. The van der Waals surface area contributed by atoms with Crippen LogP contribution in [0.2, 0.25) is 5.02 Å². The summed E-state index contributed by atoms with van der Waals surface area (Å²) in [6.45, 7) is 3.04. The van der Waals surface area contributed by atoms with Crippen molar-refractivity contribution in [3.05, 3.63) is 53.2 Å². The van der Waals surface area contributed by atoms with Crippen LogP contribution in [-0.2, 0) is 9.59 Å². The predicted molar refractivity (Wildman–Crippen MR) is 109 cm³/mol. The maximum Gasteiger partial charge on any atom is 0.232 e. The minimum atomic E-state index is -0.214. The number of hydrogen-bond acceptors (Lipinski definition) is 4. The second-order valence-electron chi connectivity index (χ2n) is 6.56. The van der Waals surface area contributed by atoms with E-state index in [2.05, 4.69) is 10.3 Å². The van der Waals surface area contributed by atoms with Gasteiger partial charge < -0.3 is 10.2 Å². The lowest BCUT2D eigenvalue weighted by atomic mass is 9.97. The van der Waals surface area contributed by atoms with E-state index in [-0.39, 0.29) is 17.7 Å². The maximum absolute atomic E-state index is 12.6. The van der Waals surface area contributed by atoms with Crippen LogP contribution in [-0.4, -0.2) is 40.5 Å². The molecule has 0 radical (unpaired) electrons. The first kappa shape index (κ1) is 19.7. The van der Waals surface area contributed by atoms with E-state index in [1.165, 1.54) is 11.8 Å². The molecule has 5 nitrogen and oxygen atoms in total. The summed E-state index contributed by atoms with van der Waals surface area (Å²) in [7, 11) is 0. The molecule has 27 heavy (non-hydrogen) atoms. The zero-order valence-corrected chi connectivity index (χ0v) is 16.7. The molecule has 2 aromatic rings. The Kier molecular flexibility index (Phi) is 6.74. The molecule has 1 unspecified atom stereocenters. The molecule has 1 aliphatic heterocycles. The van der Waals surface area contributed by atoms with Gasteiger partial charge in [0.05, 0.1) is 16.7 Å². The number of piperidine rings is 1. The van der Waals surface area contributed by atoms with E-state index in [0.717, 1.165) is 23.3 Å². The molecule has 0 spiro atoms. The van der Waals surface area contributed by atoms with Crippen molar-refractivity contribution in [3.63, 3.8) is 0 Å². The number of pyridine rings is 1. The van der Waals surface area contributed by atoms with Gasteiger partial charge in [0.15, 0.2) is 0 Å². The lowest BCUT2D eigenvalue weighted by molar-refractivity contribution is -0.132. The summed E-state index contributed by atoms with van der Waals surface area (Å²) >= 11 is 7.57. The minimum absolute atomic E-state index is 0.0337. The van der Waals surface area contributed by atoms with Crippen LogP contribution in [0.15, 0.2) is 47.5 Å². The third kappa shape index (κ3) is 5.23. The molecule has 1 aromatic carbocycles. The summed E-state index contributed by atoms with van der Waals surface area (Å²) in [5.74, 6) is 0.645. The van der Waals surface area contributed by atoms with Crippen LogP contribution in [0.5, 0.6) is 0 Å². The molecular weight excluding hydrogens is 382 g/mol. The molecule has 2 amide bonds. The number of benzene rings is 1. The van der Waals surface area contributed by atoms with Gasteiger partial charge >= 0.3 is 0 Å². The predicted octanol–water partition coefficient (Wildman–Crippen LogP) is 4.01. The second-order valence-corrected chi connectivity index (χ2v) is 7.98. The summed E-state index contributed by atoms with van der Waals surface area (Å²) in [4.78, 5) is 32.1. The Morgan fingerprint density at radius 2 is 2.11 bits per heavy atom. The van der Waals surface area contributed by atoms with Gasteiger partial charge in [-0.25, -0.2) is 4.98 Å². The van der Waals surface area contributed by atoms with Crippen molar-refractivity contribution in [1.29, 1.82) is 0 Å². The topological polar surface area (TPSA) is 62.3 Å². The number of carbonyl (C=O) groups is 2. The fourth-order valence-corrected chi connectivity index (χ4v) is 4.19. The summed E-state index contributed by atoms with van der Waals surface area (Å²) in [5.41, 5.74) is 0.922. The minimum Gasteiger partial charge on any atom is -0.341 e. The van der Waals surface area contributed by atoms with Gasteiger partial charge in [0.25, 0.3) is 0 Å². The lowest BCUT2D eigenvalue weighted by Gasteiger charge is -2.32. The zero-order chi connectivity index (χ0) is 19.2. The number of carbonyl (C=O) groups excluding carboxylic acids is 2. The van der Waals surface area contributed by atoms with Crippen molar-refractivity contribution in [2.75, 3.05) is 24.2 Å². The number of amides is 2. The number of nitrogens with zero attached hydrogens (tertiary/aromatic N) is 2. The standard InChI is InChI=1S/C20H22ClN3O2S/c1-14-6-4-10-22-19(14)23-20(26)15-7-5-11-24(12-15)18(25)13-27-17-9-3-2-8-16(17)21/h2-4,6,8-10,15H,5,7,11-13H2,1H3,(H,22,23,26). The van der Waals surface area contributed by atoms with Crippen LogP contribution >= 0.6 is 23.4 Å². The number of aryl methyl sites for hydroxylation is 1. The van der Waals surface area contributed by atoms with Crippen molar-refractivity contribution in [3.8, 4) is 0 Å². The number of aromatic nitrogens is 1. The van der Waals surface area contributed by atoms with Crippen molar-refractivity contribution >= 4 is 41.0 Å². The monoisotopic (exact) mass is 403 g/mol. The fraction of sp³-hybridized carbons (Fsp3) is 0.350. The van der Waals surface area contributed by atoms with E-state index in [9.17, 15) is 9.59 Å². The highest BCUT2D eigenvalue weighted by Crippen LogP contribution is 2.27. The first-order valence-corrected chi connectivity index (χ1v) is 10.3. The fourth-order valence-electron chi connectivity index (χ4n) is 3.05. The molecule has 0 bridgehead atoms. The Morgan fingerprint density at radius 1 is 1.30 bits per heavy atom. The highest BCUT2D eigenvalue weighted by Gasteiger charge is 2.28. The molecule has 3 rings (SSSR count). The van der Waals surface area contributed by atoms with E-state index in [4.69, 9.17) is 11.6 Å². The van der Waals surface area contributed by atoms with Crippen LogP contribution < -0.4 is 5.32 Å². The molecule has 1 N–H and O–H groups in total. The molecule has 7 heteroatoms. The lowest BCUT2D eigenvalue weighted by Crippen LogP contribution is -2.44. The zero-order valence-electron chi connectivity index (χ0n) is 15.2. The van der Waals surface area contributed by atoms with E-state index in [1.54, 1.807) is 11.1 Å². The molecule has 0 aliphatic carbocycles. The SMILES string of the molecule is Cc1cccnc1NC(=O)C1CCCN(C(=O)CSc2ccccc2Cl)C1. The Bertz CT molecular complexity index is 830. The van der Waals surface area contributed by atoms with Gasteiger partial charge in [0, 0.05) is 24.2 Å². The summed E-state index contributed by atoms with van der Waals surface area (Å²) in [6, 6.07) is 11.2. The number of hydrogen-bond donors (Lipinski definition) is 1. The quantitative estimate of drug-likeness (QED) is 0.766. The van der Waals surface area contributed by atoms with E-state index >= 15 is 0 Å². The van der Waals surface area contributed by atoms with E-state index in [0.29, 0.717) is 29.7 Å². The summed E-state index contributed by atoms with van der Waals surface area (Å²) < 4.78 is 0. The largest absolute Gasteiger partial charge is 0.341 e. The number of halogens is 1. The van der Waals surface area contributed by atoms with Gasteiger partial charge in [-0.05, 0) is 43.5 Å². The van der Waals surface area contributed by atoms with E-state index < -0.39 is 0 Å². The molecule has 1 aromatic heterocycles. The highest BCUT2D eigenvalue weighted by molar-refractivity contribution is 8.00. The van der Waals surface area contributed by atoms with Gasteiger partial charge in [-0.15, -0.1) is 11.8 Å². The number of likely N-dealkylation sites (tertiary alicyclic amines) is 1. The van der Waals surface area contributed by atoms with Crippen LogP contribution in [0.3, 0.4) is 0 Å². The number of nitrogens with one attached hydrogen (secondary N) is 1. The molecule has 142 valence electrons. The average Bonchev–Trinajstić information content (AvgIpc) is 2.69. The van der Waals surface area contributed by atoms with Gasteiger partial charge in [-0.3, -0.25) is 9.59 Å². The first-order chi connectivity index (χ1) is 13.0. The van der Waals surface area contributed by atoms with E-state index in [1.807, 2.05) is 43.3 Å². The molecule has 1 aliphatic rings.